The molecular weight excluding hydrogens is 561 g/mol. The number of aryl methyl sites for hydroxylation is 1. The SMILES string of the molecule is CCCCc1cc(-c2ccc(F)cc2)cc(N2CCN(CCC3CCCN3S(=O)(=O)c3cccc4ncccc34)CC2)n1. The molecule has 7 nitrogen and oxygen atoms in total. The Labute approximate surface area is 254 Å². The van der Waals surface area contributed by atoms with Crippen molar-refractivity contribution in [2.24, 2.45) is 0 Å². The normalized spacial score (nSPS) is 18.5. The second kappa shape index (κ2) is 13.1. The van der Waals surface area contributed by atoms with Gasteiger partial charge in [-0.2, -0.15) is 4.31 Å². The van der Waals surface area contributed by atoms with Crippen LogP contribution < -0.4 is 4.90 Å². The number of rotatable bonds is 10. The van der Waals surface area contributed by atoms with Gasteiger partial charge in [0.05, 0.1) is 10.4 Å². The van der Waals surface area contributed by atoms with Crippen LogP contribution in [0.15, 0.2) is 77.8 Å². The molecule has 0 aliphatic carbocycles. The van der Waals surface area contributed by atoms with E-state index < -0.39 is 10.0 Å². The minimum Gasteiger partial charge on any atom is -0.354 e. The summed E-state index contributed by atoms with van der Waals surface area (Å²) in [7, 11) is -3.62. The molecule has 4 aromatic rings. The molecule has 0 bridgehead atoms. The summed E-state index contributed by atoms with van der Waals surface area (Å²) in [5.41, 5.74) is 3.85. The molecule has 0 saturated carbocycles. The Bertz CT molecular complexity index is 1650. The lowest BCUT2D eigenvalue weighted by molar-refractivity contribution is 0.231. The third-order valence-corrected chi connectivity index (χ3v) is 10.8. The van der Waals surface area contributed by atoms with Gasteiger partial charge in [-0.3, -0.25) is 9.88 Å². The number of halogens is 1. The Hall–Kier alpha value is -3.40. The van der Waals surface area contributed by atoms with E-state index in [9.17, 15) is 12.8 Å². The lowest BCUT2D eigenvalue weighted by Gasteiger charge is -2.36. The van der Waals surface area contributed by atoms with Gasteiger partial charge in [-0.15, -0.1) is 0 Å². The molecule has 43 heavy (non-hydrogen) atoms. The fourth-order valence-electron chi connectivity index (χ4n) is 6.40. The number of nitrogens with zero attached hydrogens (tertiary/aromatic N) is 5. The summed E-state index contributed by atoms with van der Waals surface area (Å²) >= 11 is 0. The van der Waals surface area contributed by atoms with Crippen LogP contribution >= 0.6 is 0 Å². The highest BCUT2D eigenvalue weighted by Gasteiger charge is 2.36. The van der Waals surface area contributed by atoms with Crippen LogP contribution in [0.5, 0.6) is 0 Å². The van der Waals surface area contributed by atoms with Crippen molar-refractivity contribution in [2.45, 2.75) is 56.4 Å². The number of anilines is 1. The van der Waals surface area contributed by atoms with Crippen LogP contribution in [0.1, 0.15) is 44.7 Å². The molecule has 4 heterocycles. The predicted molar refractivity (Wildman–Crippen MR) is 170 cm³/mol. The molecule has 2 aromatic carbocycles. The van der Waals surface area contributed by atoms with Crippen LogP contribution in [0.25, 0.3) is 22.0 Å². The van der Waals surface area contributed by atoms with Crippen molar-refractivity contribution in [1.82, 2.24) is 19.2 Å². The molecule has 6 rings (SSSR count). The van der Waals surface area contributed by atoms with E-state index in [0.717, 1.165) is 93.9 Å². The molecule has 0 N–H and O–H groups in total. The van der Waals surface area contributed by atoms with Gasteiger partial charge in [0, 0.05) is 56.0 Å². The largest absolute Gasteiger partial charge is 0.354 e. The van der Waals surface area contributed by atoms with Gasteiger partial charge >= 0.3 is 0 Å². The number of piperazine rings is 1. The van der Waals surface area contributed by atoms with E-state index in [4.69, 9.17) is 4.98 Å². The zero-order valence-electron chi connectivity index (χ0n) is 24.8. The molecule has 1 unspecified atom stereocenters. The van der Waals surface area contributed by atoms with Gasteiger partial charge in [0.25, 0.3) is 0 Å². The number of hydrogen-bond acceptors (Lipinski definition) is 6. The fourth-order valence-corrected chi connectivity index (χ4v) is 8.33. The molecule has 2 aliphatic heterocycles. The van der Waals surface area contributed by atoms with Crippen molar-refractivity contribution in [3.8, 4) is 11.1 Å². The Kier molecular flexibility index (Phi) is 9.02. The standard InChI is InChI=1S/C34H40FN5O2S/c1-2-3-7-29-24-27(26-12-14-28(35)15-13-26)25-34(37-29)39-22-20-38(21-23-39)19-16-30-8-6-18-40(30)43(41,42)33-11-4-10-32-31(33)9-5-17-36-32/h4-5,9-15,17,24-25,30H,2-3,6-8,16,18-23H2,1H3. The first-order chi connectivity index (χ1) is 20.9. The van der Waals surface area contributed by atoms with Crippen molar-refractivity contribution >= 4 is 26.7 Å². The molecule has 0 spiro atoms. The molecular formula is C34H40FN5O2S. The number of aromatic nitrogens is 2. The Morgan fingerprint density at radius 1 is 0.930 bits per heavy atom. The van der Waals surface area contributed by atoms with Crippen LogP contribution in [-0.2, 0) is 16.4 Å². The minimum absolute atomic E-state index is 0.00476. The summed E-state index contributed by atoms with van der Waals surface area (Å²) in [5, 5.41) is 0.682. The van der Waals surface area contributed by atoms with Gasteiger partial charge in [0.2, 0.25) is 10.0 Å². The van der Waals surface area contributed by atoms with E-state index >= 15 is 0 Å². The van der Waals surface area contributed by atoms with Gasteiger partial charge in [-0.05, 0) is 98.3 Å². The van der Waals surface area contributed by atoms with Gasteiger partial charge in [-0.1, -0.05) is 31.5 Å². The van der Waals surface area contributed by atoms with Gasteiger partial charge in [-0.25, -0.2) is 17.8 Å². The van der Waals surface area contributed by atoms with Crippen LogP contribution in [0, 0.1) is 5.82 Å². The highest BCUT2D eigenvalue weighted by atomic mass is 32.2. The summed E-state index contributed by atoms with van der Waals surface area (Å²) in [4.78, 5) is 14.5. The van der Waals surface area contributed by atoms with E-state index in [1.165, 1.54) is 12.1 Å². The highest BCUT2D eigenvalue weighted by Crippen LogP contribution is 2.32. The van der Waals surface area contributed by atoms with Crippen molar-refractivity contribution in [3.63, 3.8) is 0 Å². The van der Waals surface area contributed by atoms with E-state index in [1.807, 2.05) is 24.3 Å². The number of benzene rings is 2. The maximum atomic E-state index is 13.8. The molecule has 0 radical (unpaired) electrons. The second-order valence-electron chi connectivity index (χ2n) is 11.7. The number of fused-ring (bicyclic) bond motifs is 1. The first-order valence-electron chi connectivity index (χ1n) is 15.5. The zero-order chi connectivity index (χ0) is 29.8. The third kappa shape index (κ3) is 6.59. The average molecular weight is 602 g/mol. The Morgan fingerprint density at radius 3 is 2.53 bits per heavy atom. The van der Waals surface area contributed by atoms with Crippen molar-refractivity contribution in [3.05, 3.63) is 84.4 Å². The highest BCUT2D eigenvalue weighted by molar-refractivity contribution is 7.89. The molecule has 2 fully saturated rings. The van der Waals surface area contributed by atoms with E-state index in [2.05, 4.69) is 33.8 Å². The maximum absolute atomic E-state index is 13.8. The maximum Gasteiger partial charge on any atom is 0.243 e. The molecule has 1 atom stereocenters. The molecule has 2 saturated heterocycles. The molecule has 2 aromatic heterocycles. The molecule has 226 valence electrons. The van der Waals surface area contributed by atoms with Crippen LogP contribution in [0.2, 0.25) is 0 Å². The molecule has 9 heteroatoms. The van der Waals surface area contributed by atoms with Crippen molar-refractivity contribution in [1.29, 1.82) is 0 Å². The predicted octanol–water partition coefficient (Wildman–Crippen LogP) is 6.14. The van der Waals surface area contributed by atoms with E-state index in [-0.39, 0.29) is 11.9 Å². The molecule has 2 aliphatic rings. The topological polar surface area (TPSA) is 69.6 Å². The van der Waals surface area contributed by atoms with Gasteiger partial charge < -0.3 is 4.90 Å². The summed E-state index contributed by atoms with van der Waals surface area (Å²) in [6.45, 7) is 7.15. The first-order valence-corrected chi connectivity index (χ1v) is 17.0. The van der Waals surface area contributed by atoms with Crippen LogP contribution in [0.4, 0.5) is 10.2 Å². The number of hydrogen-bond donors (Lipinski definition) is 0. The van der Waals surface area contributed by atoms with Crippen molar-refractivity contribution in [2.75, 3.05) is 44.2 Å². The second-order valence-corrected chi connectivity index (χ2v) is 13.5. The van der Waals surface area contributed by atoms with Crippen LogP contribution in [0.3, 0.4) is 0 Å². The monoisotopic (exact) mass is 601 g/mol. The molecule has 0 amide bonds. The van der Waals surface area contributed by atoms with E-state index in [0.29, 0.717) is 22.3 Å². The van der Waals surface area contributed by atoms with E-state index in [1.54, 1.807) is 28.7 Å². The fraction of sp³-hybridized carbons (Fsp3) is 0.412. The summed E-state index contributed by atoms with van der Waals surface area (Å²) < 4.78 is 42.9. The van der Waals surface area contributed by atoms with Crippen molar-refractivity contribution < 1.29 is 12.8 Å². The minimum atomic E-state index is -3.62. The van der Waals surface area contributed by atoms with Crippen LogP contribution in [-0.4, -0.2) is 72.9 Å². The quantitative estimate of drug-likeness (QED) is 0.217. The summed E-state index contributed by atoms with van der Waals surface area (Å²) in [5.74, 6) is 0.745. The number of unbranched alkanes of at least 4 members (excludes halogenated alkanes) is 1. The Morgan fingerprint density at radius 2 is 1.74 bits per heavy atom. The lowest BCUT2D eigenvalue weighted by atomic mass is 10.0. The first kappa shape index (κ1) is 29.7. The zero-order valence-corrected chi connectivity index (χ0v) is 25.6. The summed E-state index contributed by atoms with van der Waals surface area (Å²) in [6, 6.07) is 19.9. The summed E-state index contributed by atoms with van der Waals surface area (Å²) in [6.07, 6.45) is 7.41. The third-order valence-electron chi connectivity index (χ3n) is 8.82. The number of sulfonamides is 1. The smallest absolute Gasteiger partial charge is 0.243 e. The lowest BCUT2D eigenvalue weighted by Crippen LogP contribution is -2.48. The average Bonchev–Trinajstić information content (AvgIpc) is 3.53. The van der Waals surface area contributed by atoms with Gasteiger partial charge in [0.15, 0.2) is 0 Å². The van der Waals surface area contributed by atoms with Gasteiger partial charge in [0.1, 0.15) is 11.6 Å². The number of pyridine rings is 2. The Balaban J connectivity index is 1.10.